The zero-order chi connectivity index (χ0) is 14.0. The fraction of sp³-hybridized carbons (Fsp3) is 0.182. The molecule has 0 fully saturated rings. The Balaban J connectivity index is 2.42. The fourth-order valence-electron chi connectivity index (χ4n) is 1.43. The van der Waals surface area contributed by atoms with E-state index >= 15 is 0 Å². The molecule has 0 saturated heterocycles. The highest BCUT2D eigenvalue weighted by atomic mass is 19.4. The zero-order valence-electron chi connectivity index (χ0n) is 9.75. The number of H-pyrrole nitrogens is 2. The quantitative estimate of drug-likeness (QED) is 0.806. The summed E-state index contributed by atoms with van der Waals surface area (Å²) in [6.07, 6.45) is -4.70. The van der Waals surface area contributed by atoms with Crippen molar-refractivity contribution < 1.29 is 13.2 Å². The minimum atomic E-state index is -4.70. The van der Waals surface area contributed by atoms with Crippen molar-refractivity contribution in [3.05, 3.63) is 45.9 Å². The van der Waals surface area contributed by atoms with E-state index in [2.05, 4.69) is 10.2 Å². The van der Waals surface area contributed by atoms with Gasteiger partial charge in [-0.15, -0.1) is 5.11 Å². The molecule has 0 atom stereocenters. The first kappa shape index (κ1) is 13.1. The lowest BCUT2D eigenvalue weighted by Gasteiger charge is -2.02. The number of halogens is 3. The number of benzene rings is 1. The van der Waals surface area contributed by atoms with Gasteiger partial charge in [0.1, 0.15) is 0 Å². The van der Waals surface area contributed by atoms with Gasteiger partial charge >= 0.3 is 6.18 Å². The number of nitrogens with zero attached hydrogens (tertiary/aromatic N) is 2. The van der Waals surface area contributed by atoms with Gasteiger partial charge < -0.3 is 0 Å². The van der Waals surface area contributed by atoms with Crippen LogP contribution < -0.4 is 5.56 Å². The van der Waals surface area contributed by atoms with E-state index in [1.54, 1.807) is 36.3 Å². The summed E-state index contributed by atoms with van der Waals surface area (Å²) in [6.45, 7) is 1.74. The minimum Gasteiger partial charge on any atom is -0.292 e. The molecule has 100 valence electrons. The molecule has 0 aliphatic carbocycles. The molecule has 0 aliphatic heterocycles. The molecule has 5 nitrogen and oxygen atoms in total. The van der Waals surface area contributed by atoms with E-state index in [9.17, 15) is 18.0 Å². The average Bonchev–Trinajstić information content (AvgIpc) is 2.69. The lowest BCUT2D eigenvalue weighted by molar-refractivity contribution is -0.140. The average molecular weight is 270 g/mol. The summed E-state index contributed by atoms with van der Waals surface area (Å²) >= 11 is 0. The standard InChI is InChI=1S/C11H9F3N4O/c1-6-4-2-3-5-7(6)15-16-8-9(11(12,13)14)17-18-10(8)19/h2-5H,1H3,(H2,17,18,19). The number of aryl methyl sites for hydroxylation is 1. The zero-order valence-corrected chi connectivity index (χ0v) is 9.75. The van der Waals surface area contributed by atoms with Gasteiger partial charge in [-0.2, -0.15) is 18.3 Å². The van der Waals surface area contributed by atoms with Crippen molar-refractivity contribution in [2.45, 2.75) is 13.1 Å². The summed E-state index contributed by atoms with van der Waals surface area (Å²) in [5.74, 6) is 0. The Morgan fingerprint density at radius 1 is 1.11 bits per heavy atom. The summed E-state index contributed by atoms with van der Waals surface area (Å²) in [6, 6.07) is 6.76. The maximum atomic E-state index is 12.6. The Morgan fingerprint density at radius 2 is 1.79 bits per heavy atom. The minimum absolute atomic E-state index is 0.399. The van der Waals surface area contributed by atoms with E-state index in [0.717, 1.165) is 5.56 Å². The molecular formula is C11H9F3N4O. The fourth-order valence-corrected chi connectivity index (χ4v) is 1.43. The second-order valence-corrected chi connectivity index (χ2v) is 3.79. The van der Waals surface area contributed by atoms with Crippen LogP contribution in [0.4, 0.5) is 24.5 Å². The molecule has 8 heteroatoms. The van der Waals surface area contributed by atoms with Gasteiger partial charge in [-0.1, -0.05) is 18.2 Å². The lowest BCUT2D eigenvalue weighted by atomic mass is 10.2. The third kappa shape index (κ3) is 2.72. The SMILES string of the molecule is Cc1ccccc1N=Nc1c(C(F)(F)F)[nH][nH]c1=O. The number of aromatic amines is 2. The Labute approximate surface area is 105 Å². The topological polar surface area (TPSA) is 73.4 Å². The highest BCUT2D eigenvalue weighted by molar-refractivity contribution is 5.46. The van der Waals surface area contributed by atoms with Crippen LogP contribution in [0.15, 0.2) is 39.3 Å². The maximum absolute atomic E-state index is 12.6. The van der Waals surface area contributed by atoms with E-state index in [1.165, 1.54) is 0 Å². The largest absolute Gasteiger partial charge is 0.435 e. The molecule has 0 amide bonds. The molecule has 2 N–H and O–H groups in total. The van der Waals surface area contributed by atoms with Gasteiger partial charge in [0.05, 0.1) is 5.69 Å². The molecule has 1 heterocycles. The van der Waals surface area contributed by atoms with Crippen LogP contribution in [0.25, 0.3) is 0 Å². The summed E-state index contributed by atoms with van der Waals surface area (Å²) < 4.78 is 37.7. The molecule has 0 spiro atoms. The van der Waals surface area contributed by atoms with Crippen molar-refractivity contribution in [3.8, 4) is 0 Å². The molecule has 0 saturated carbocycles. The molecule has 1 aromatic carbocycles. The third-order valence-corrected chi connectivity index (χ3v) is 2.41. The molecule has 0 aliphatic rings. The van der Waals surface area contributed by atoms with Crippen LogP contribution in [0.5, 0.6) is 0 Å². The number of azo groups is 1. The van der Waals surface area contributed by atoms with Crippen LogP contribution in [0.1, 0.15) is 11.3 Å². The van der Waals surface area contributed by atoms with Gasteiger partial charge in [0.25, 0.3) is 5.56 Å². The smallest absolute Gasteiger partial charge is 0.292 e. The Kier molecular flexibility index (Phi) is 3.24. The Hall–Kier alpha value is -2.38. The maximum Gasteiger partial charge on any atom is 0.435 e. The number of rotatable bonds is 2. The summed E-state index contributed by atoms with van der Waals surface area (Å²) in [4.78, 5) is 11.3. The van der Waals surface area contributed by atoms with Crippen LogP contribution >= 0.6 is 0 Å². The van der Waals surface area contributed by atoms with Crippen LogP contribution in [0.2, 0.25) is 0 Å². The van der Waals surface area contributed by atoms with Crippen LogP contribution in [-0.2, 0) is 6.18 Å². The van der Waals surface area contributed by atoms with Crippen molar-refractivity contribution in [1.82, 2.24) is 10.2 Å². The van der Waals surface area contributed by atoms with Crippen molar-refractivity contribution in [3.63, 3.8) is 0 Å². The molecular weight excluding hydrogens is 261 g/mol. The normalized spacial score (nSPS) is 12.2. The van der Waals surface area contributed by atoms with Crippen LogP contribution in [0.3, 0.4) is 0 Å². The molecule has 0 radical (unpaired) electrons. The lowest BCUT2D eigenvalue weighted by Crippen LogP contribution is -2.06. The van der Waals surface area contributed by atoms with Crippen molar-refractivity contribution >= 4 is 11.4 Å². The molecule has 0 unspecified atom stereocenters. The second kappa shape index (κ2) is 4.71. The van der Waals surface area contributed by atoms with Gasteiger partial charge in [0, 0.05) is 0 Å². The summed E-state index contributed by atoms with van der Waals surface area (Å²) in [7, 11) is 0. The Bertz CT molecular complexity index is 669. The monoisotopic (exact) mass is 270 g/mol. The van der Waals surface area contributed by atoms with E-state index in [4.69, 9.17) is 0 Å². The third-order valence-electron chi connectivity index (χ3n) is 2.41. The first-order chi connectivity index (χ1) is 8.89. The first-order valence-corrected chi connectivity index (χ1v) is 5.25. The molecule has 2 rings (SSSR count). The number of alkyl halides is 3. The van der Waals surface area contributed by atoms with Crippen molar-refractivity contribution in [2.75, 3.05) is 0 Å². The summed E-state index contributed by atoms with van der Waals surface area (Å²) in [5.41, 5.74) is -1.85. The van der Waals surface area contributed by atoms with E-state index < -0.39 is 23.1 Å². The van der Waals surface area contributed by atoms with Gasteiger partial charge in [-0.3, -0.25) is 15.0 Å². The highest BCUT2D eigenvalue weighted by Gasteiger charge is 2.37. The molecule has 1 aromatic heterocycles. The van der Waals surface area contributed by atoms with Crippen LogP contribution in [0, 0.1) is 6.92 Å². The predicted octanol–water partition coefficient (Wildman–Crippen LogP) is 3.45. The highest BCUT2D eigenvalue weighted by Crippen LogP contribution is 2.33. The molecule has 0 bridgehead atoms. The summed E-state index contributed by atoms with van der Waals surface area (Å²) in [5, 5.41) is 10.7. The second-order valence-electron chi connectivity index (χ2n) is 3.79. The van der Waals surface area contributed by atoms with Gasteiger partial charge in [0.15, 0.2) is 11.4 Å². The van der Waals surface area contributed by atoms with Gasteiger partial charge in [-0.05, 0) is 18.6 Å². The first-order valence-electron chi connectivity index (χ1n) is 5.25. The molecule has 19 heavy (non-hydrogen) atoms. The molecule has 2 aromatic rings. The predicted molar refractivity (Wildman–Crippen MR) is 61.8 cm³/mol. The van der Waals surface area contributed by atoms with E-state index in [0.29, 0.717) is 5.69 Å². The number of nitrogens with one attached hydrogen (secondary N) is 2. The number of hydrogen-bond acceptors (Lipinski definition) is 3. The number of hydrogen-bond donors (Lipinski definition) is 2. The van der Waals surface area contributed by atoms with E-state index in [-0.39, 0.29) is 0 Å². The van der Waals surface area contributed by atoms with Gasteiger partial charge in [0.2, 0.25) is 0 Å². The van der Waals surface area contributed by atoms with E-state index in [1.807, 2.05) is 5.10 Å². The van der Waals surface area contributed by atoms with Gasteiger partial charge in [-0.25, -0.2) is 0 Å². The number of aromatic nitrogens is 2. The van der Waals surface area contributed by atoms with Crippen LogP contribution in [-0.4, -0.2) is 10.2 Å². The van der Waals surface area contributed by atoms with Crippen molar-refractivity contribution in [2.24, 2.45) is 10.2 Å². The Morgan fingerprint density at radius 3 is 2.42 bits per heavy atom. The van der Waals surface area contributed by atoms with Crippen molar-refractivity contribution in [1.29, 1.82) is 0 Å².